The Kier molecular flexibility index (Phi) is 4.18. The number of carbonyl (C=O) groups is 2. The van der Waals surface area contributed by atoms with Crippen LogP contribution in [0.5, 0.6) is 0 Å². The number of amides is 2. The van der Waals surface area contributed by atoms with Gasteiger partial charge in [0.15, 0.2) is 0 Å². The lowest BCUT2D eigenvalue weighted by Gasteiger charge is -2.15. The van der Waals surface area contributed by atoms with Crippen LogP contribution in [0, 0.1) is 13.8 Å². The van der Waals surface area contributed by atoms with Gasteiger partial charge in [-0.05, 0) is 51.0 Å². The first-order chi connectivity index (χ1) is 11.4. The van der Waals surface area contributed by atoms with Gasteiger partial charge < -0.3 is 15.2 Å². The predicted molar refractivity (Wildman–Crippen MR) is 94.2 cm³/mol. The number of nitrogens with zero attached hydrogens (tertiary/aromatic N) is 1. The van der Waals surface area contributed by atoms with E-state index in [0.29, 0.717) is 6.42 Å². The number of hydrogen-bond donors (Lipinski definition) is 2. The van der Waals surface area contributed by atoms with E-state index in [1.807, 2.05) is 45.0 Å². The van der Waals surface area contributed by atoms with E-state index in [9.17, 15) is 9.59 Å². The highest BCUT2D eigenvalue weighted by Crippen LogP contribution is 2.26. The van der Waals surface area contributed by atoms with Crippen molar-refractivity contribution in [2.75, 3.05) is 5.32 Å². The molecular weight excluding hydrogens is 302 g/mol. The number of anilines is 1. The summed E-state index contributed by atoms with van der Waals surface area (Å²) in [4.78, 5) is 24.1. The van der Waals surface area contributed by atoms with Crippen LogP contribution >= 0.6 is 0 Å². The molecule has 0 saturated heterocycles. The lowest BCUT2D eigenvalue weighted by molar-refractivity contribution is -0.115. The van der Waals surface area contributed by atoms with Crippen molar-refractivity contribution in [1.29, 1.82) is 0 Å². The highest BCUT2D eigenvalue weighted by Gasteiger charge is 2.21. The Hall–Kier alpha value is -2.56. The Balaban J connectivity index is 1.78. The maximum absolute atomic E-state index is 12.6. The normalized spacial score (nSPS) is 14.2. The van der Waals surface area contributed by atoms with Crippen LogP contribution in [0.3, 0.4) is 0 Å². The SMILES string of the molecule is CCn1c(C)cc(C(=O)NC(C)c2ccc3c(c2)CC(=O)N3)c1C. The predicted octanol–water partition coefficient (Wildman–Crippen LogP) is 3.11. The Bertz CT molecular complexity index is 820. The average Bonchev–Trinajstić information content (AvgIpc) is 3.04. The molecule has 2 amide bonds. The molecule has 126 valence electrons. The molecule has 24 heavy (non-hydrogen) atoms. The van der Waals surface area contributed by atoms with Gasteiger partial charge in [0.25, 0.3) is 5.91 Å². The first-order valence-corrected chi connectivity index (χ1v) is 8.31. The molecule has 1 aromatic carbocycles. The van der Waals surface area contributed by atoms with E-state index in [0.717, 1.165) is 40.3 Å². The van der Waals surface area contributed by atoms with Gasteiger partial charge in [-0.2, -0.15) is 0 Å². The minimum atomic E-state index is -0.122. The second-order valence-corrected chi connectivity index (χ2v) is 6.37. The van der Waals surface area contributed by atoms with Crippen molar-refractivity contribution >= 4 is 17.5 Å². The van der Waals surface area contributed by atoms with Gasteiger partial charge in [0, 0.05) is 23.6 Å². The zero-order valence-corrected chi connectivity index (χ0v) is 14.6. The van der Waals surface area contributed by atoms with Crippen molar-refractivity contribution in [1.82, 2.24) is 9.88 Å². The highest BCUT2D eigenvalue weighted by molar-refractivity contribution is 5.99. The molecule has 1 aliphatic heterocycles. The van der Waals surface area contributed by atoms with E-state index in [4.69, 9.17) is 0 Å². The van der Waals surface area contributed by atoms with Gasteiger partial charge in [-0.15, -0.1) is 0 Å². The average molecular weight is 325 g/mol. The van der Waals surface area contributed by atoms with Crippen LogP contribution in [0.4, 0.5) is 5.69 Å². The minimum absolute atomic E-state index is 0.0193. The number of hydrogen-bond acceptors (Lipinski definition) is 2. The van der Waals surface area contributed by atoms with E-state index in [1.165, 1.54) is 0 Å². The number of rotatable bonds is 4. The van der Waals surface area contributed by atoms with Crippen LogP contribution in [-0.2, 0) is 17.8 Å². The Morgan fingerprint density at radius 1 is 1.33 bits per heavy atom. The molecule has 0 aliphatic carbocycles. The molecule has 0 saturated carbocycles. The zero-order valence-electron chi connectivity index (χ0n) is 14.6. The summed E-state index contributed by atoms with van der Waals surface area (Å²) in [5, 5.41) is 5.89. The molecule has 1 aliphatic rings. The van der Waals surface area contributed by atoms with Gasteiger partial charge in [-0.3, -0.25) is 9.59 Å². The zero-order chi connectivity index (χ0) is 17.4. The first kappa shape index (κ1) is 16.3. The fourth-order valence-electron chi connectivity index (χ4n) is 3.39. The quantitative estimate of drug-likeness (QED) is 0.907. The highest BCUT2D eigenvalue weighted by atomic mass is 16.2. The number of benzene rings is 1. The third-order valence-corrected chi connectivity index (χ3v) is 4.74. The Morgan fingerprint density at radius 2 is 2.08 bits per heavy atom. The van der Waals surface area contributed by atoms with Crippen LogP contribution in [0.2, 0.25) is 0 Å². The molecule has 0 bridgehead atoms. The molecule has 2 N–H and O–H groups in total. The standard InChI is InChI=1S/C19H23N3O2/c1-5-22-11(2)8-16(13(22)4)19(24)20-12(3)14-6-7-17-15(9-14)10-18(23)21-17/h6-9,12H,5,10H2,1-4H3,(H,20,24)(H,21,23). The summed E-state index contributed by atoms with van der Waals surface area (Å²) >= 11 is 0. The topological polar surface area (TPSA) is 63.1 Å². The molecule has 1 unspecified atom stereocenters. The van der Waals surface area contributed by atoms with Gasteiger partial charge in [0.05, 0.1) is 18.0 Å². The van der Waals surface area contributed by atoms with Crippen LogP contribution in [0.15, 0.2) is 24.3 Å². The van der Waals surface area contributed by atoms with Gasteiger partial charge in [-0.1, -0.05) is 12.1 Å². The molecule has 0 radical (unpaired) electrons. The van der Waals surface area contributed by atoms with Crippen molar-refractivity contribution in [3.05, 3.63) is 52.3 Å². The van der Waals surface area contributed by atoms with Gasteiger partial charge in [0.1, 0.15) is 0 Å². The summed E-state index contributed by atoms with van der Waals surface area (Å²) in [5.41, 5.74) is 5.66. The molecule has 3 rings (SSSR count). The molecule has 0 fully saturated rings. The fourth-order valence-corrected chi connectivity index (χ4v) is 3.39. The number of aryl methyl sites for hydroxylation is 1. The minimum Gasteiger partial charge on any atom is -0.349 e. The van der Waals surface area contributed by atoms with Gasteiger partial charge >= 0.3 is 0 Å². The van der Waals surface area contributed by atoms with Crippen LogP contribution in [0.1, 0.15) is 52.8 Å². The molecule has 5 nitrogen and oxygen atoms in total. The smallest absolute Gasteiger partial charge is 0.253 e. The van der Waals surface area contributed by atoms with Crippen molar-refractivity contribution < 1.29 is 9.59 Å². The number of aromatic nitrogens is 1. The van der Waals surface area contributed by atoms with E-state index in [1.54, 1.807) is 0 Å². The fraction of sp³-hybridized carbons (Fsp3) is 0.368. The first-order valence-electron chi connectivity index (χ1n) is 8.31. The van der Waals surface area contributed by atoms with Crippen molar-refractivity contribution in [3.63, 3.8) is 0 Å². The second-order valence-electron chi connectivity index (χ2n) is 6.37. The number of fused-ring (bicyclic) bond motifs is 1. The van der Waals surface area contributed by atoms with Crippen molar-refractivity contribution in [2.24, 2.45) is 0 Å². The van der Waals surface area contributed by atoms with E-state index < -0.39 is 0 Å². The molecule has 2 aromatic rings. The maximum Gasteiger partial charge on any atom is 0.253 e. The molecule has 1 atom stereocenters. The Morgan fingerprint density at radius 3 is 2.75 bits per heavy atom. The van der Waals surface area contributed by atoms with Crippen LogP contribution < -0.4 is 10.6 Å². The molecule has 5 heteroatoms. The lowest BCUT2D eigenvalue weighted by atomic mass is 10.0. The van der Waals surface area contributed by atoms with Crippen LogP contribution in [0.25, 0.3) is 0 Å². The summed E-state index contributed by atoms with van der Waals surface area (Å²) in [6.07, 6.45) is 0.404. The second kappa shape index (κ2) is 6.15. The third-order valence-electron chi connectivity index (χ3n) is 4.74. The van der Waals surface area contributed by atoms with E-state index >= 15 is 0 Å². The summed E-state index contributed by atoms with van der Waals surface area (Å²) in [5.74, 6) is -0.0455. The summed E-state index contributed by atoms with van der Waals surface area (Å²) in [6, 6.07) is 7.66. The van der Waals surface area contributed by atoms with Gasteiger partial charge in [0.2, 0.25) is 5.91 Å². The Labute approximate surface area is 142 Å². The van der Waals surface area contributed by atoms with E-state index in [2.05, 4.69) is 22.1 Å². The van der Waals surface area contributed by atoms with Gasteiger partial charge in [-0.25, -0.2) is 0 Å². The number of nitrogens with one attached hydrogen (secondary N) is 2. The molecule has 2 heterocycles. The summed E-state index contributed by atoms with van der Waals surface area (Å²) in [7, 11) is 0. The lowest BCUT2D eigenvalue weighted by Crippen LogP contribution is -2.27. The summed E-state index contributed by atoms with van der Waals surface area (Å²) in [6.45, 7) is 8.88. The third kappa shape index (κ3) is 2.82. The molecule has 1 aromatic heterocycles. The largest absolute Gasteiger partial charge is 0.349 e. The monoisotopic (exact) mass is 325 g/mol. The van der Waals surface area contributed by atoms with Crippen molar-refractivity contribution in [3.8, 4) is 0 Å². The van der Waals surface area contributed by atoms with Crippen molar-refractivity contribution in [2.45, 2.75) is 46.7 Å². The van der Waals surface area contributed by atoms with Crippen LogP contribution in [-0.4, -0.2) is 16.4 Å². The maximum atomic E-state index is 12.6. The molecular formula is C19H23N3O2. The number of carbonyl (C=O) groups excluding carboxylic acids is 2. The van der Waals surface area contributed by atoms with E-state index in [-0.39, 0.29) is 17.9 Å². The molecule has 0 spiro atoms. The summed E-state index contributed by atoms with van der Waals surface area (Å²) < 4.78 is 2.13.